The van der Waals surface area contributed by atoms with Crippen molar-refractivity contribution in [1.82, 2.24) is 5.43 Å². The summed E-state index contributed by atoms with van der Waals surface area (Å²) in [6.45, 7) is 0.760. The molecule has 1 unspecified atom stereocenters. The molecule has 0 amide bonds. The third-order valence-corrected chi connectivity index (χ3v) is 3.59. The van der Waals surface area contributed by atoms with Crippen molar-refractivity contribution in [3.63, 3.8) is 0 Å². The van der Waals surface area contributed by atoms with Gasteiger partial charge in [-0.05, 0) is 36.1 Å². The first kappa shape index (κ1) is 12.2. The normalized spacial score (nSPS) is 18.3. The Hall–Kier alpha value is -1.84. The van der Waals surface area contributed by atoms with Gasteiger partial charge in [0.25, 0.3) is 0 Å². The van der Waals surface area contributed by atoms with E-state index in [0.717, 1.165) is 30.8 Å². The maximum Gasteiger partial charge on any atom is 0.124 e. The quantitative estimate of drug-likeness (QED) is 0.639. The monoisotopic (exact) mass is 254 g/mol. The molecule has 0 fully saturated rings. The molecule has 0 aliphatic carbocycles. The Morgan fingerprint density at radius 1 is 1.05 bits per heavy atom. The molecule has 3 rings (SSSR count). The average molecular weight is 254 g/mol. The Kier molecular flexibility index (Phi) is 3.49. The van der Waals surface area contributed by atoms with Crippen LogP contribution in [0.25, 0.3) is 11.1 Å². The van der Waals surface area contributed by atoms with Crippen LogP contribution in [0, 0.1) is 0 Å². The minimum absolute atomic E-state index is 0.168. The van der Waals surface area contributed by atoms with Gasteiger partial charge in [-0.25, -0.2) is 0 Å². The van der Waals surface area contributed by atoms with E-state index in [1.165, 1.54) is 11.1 Å². The third-order valence-electron chi connectivity index (χ3n) is 3.59. The predicted molar refractivity (Wildman–Crippen MR) is 76.7 cm³/mol. The number of hydrogen-bond acceptors (Lipinski definition) is 3. The first-order valence-corrected chi connectivity index (χ1v) is 6.67. The minimum Gasteiger partial charge on any atom is -0.493 e. The first-order valence-electron chi connectivity index (χ1n) is 6.67. The van der Waals surface area contributed by atoms with E-state index >= 15 is 0 Å². The molecule has 19 heavy (non-hydrogen) atoms. The number of rotatable bonds is 2. The smallest absolute Gasteiger partial charge is 0.124 e. The van der Waals surface area contributed by atoms with Crippen molar-refractivity contribution < 1.29 is 4.74 Å². The van der Waals surface area contributed by atoms with E-state index in [1.54, 1.807) is 0 Å². The van der Waals surface area contributed by atoms with E-state index in [9.17, 15) is 0 Å². The largest absolute Gasteiger partial charge is 0.493 e. The third kappa shape index (κ3) is 2.48. The summed E-state index contributed by atoms with van der Waals surface area (Å²) in [5, 5.41) is 0. The van der Waals surface area contributed by atoms with E-state index in [1.807, 2.05) is 12.1 Å². The van der Waals surface area contributed by atoms with Crippen molar-refractivity contribution in [2.24, 2.45) is 5.84 Å². The SMILES string of the molecule is NNC1CCCOc2ccc(-c3ccccc3)cc21. The van der Waals surface area contributed by atoms with Crippen molar-refractivity contribution >= 4 is 0 Å². The van der Waals surface area contributed by atoms with Gasteiger partial charge in [0.05, 0.1) is 6.61 Å². The fourth-order valence-corrected chi connectivity index (χ4v) is 2.56. The molecular formula is C16H18N2O. The summed E-state index contributed by atoms with van der Waals surface area (Å²) in [6.07, 6.45) is 2.02. The van der Waals surface area contributed by atoms with Gasteiger partial charge in [0.15, 0.2) is 0 Å². The van der Waals surface area contributed by atoms with Gasteiger partial charge in [-0.3, -0.25) is 11.3 Å². The number of hydrogen-bond donors (Lipinski definition) is 2. The van der Waals surface area contributed by atoms with Gasteiger partial charge < -0.3 is 4.74 Å². The summed E-state index contributed by atoms with van der Waals surface area (Å²) in [4.78, 5) is 0. The maximum atomic E-state index is 5.78. The van der Waals surface area contributed by atoms with Crippen molar-refractivity contribution in [2.75, 3.05) is 6.61 Å². The van der Waals surface area contributed by atoms with E-state index in [0.29, 0.717) is 0 Å². The molecule has 0 aromatic heterocycles. The summed E-state index contributed by atoms with van der Waals surface area (Å²) < 4.78 is 5.78. The van der Waals surface area contributed by atoms with Gasteiger partial charge in [-0.2, -0.15) is 0 Å². The molecule has 0 radical (unpaired) electrons. The molecule has 0 spiro atoms. The van der Waals surface area contributed by atoms with Crippen LogP contribution in [0.1, 0.15) is 24.4 Å². The van der Waals surface area contributed by atoms with Crippen LogP contribution in [-0.2, 0) is 0 Å². The molecule has 0 saturated carbocycles. The van der Waals surface area contributed by atoms with E-state index in [2.05, 4.69) is 41.8 Å². The van der Waals surface area contributed by atoms with Gasteiger partial charge in [0, 0.05) is 11.6 Å². The summed E-state index contributed by atoms with van der Waals surface area (Å²) >= 11 is 0. The zero-order chi connectivity index (χ0) is 13.1. The Morgan fingerprint density at radius 3 is 2.68 bits per heavy atom. The van der Waals surface area contributed by atoms with Gasteiger partial charge in [-0.1, -0.05) is 36.4 Å². The van der Waals surface area contributed by atoms with Crippen LogP contribution in [0.15, 0.2) is 48.5 Å². The number of ether oxygens (including phenoxy) is 1. The number of fused-ring (bicyclic) bond motifs is 1. The highest BCUT2D eigenvalue weighted by Crippen LogP contribution is 2.34. The highest BCUT2D eigenvalue weighted by atomic mass is 16.5. The number of benzene rings is 2. The highest BCUT2D eigenvalue weighted by molar-refractivity contribution is 5.66. The predicted octanol–water partition coefficient (Wildman–Crippen LogP) is 3.03. The zero-order valence-corrected chi connectivity index (χ0v) is 10.8. The minimum atomic E-state index is 0.168. The van der Waals surface area contributed by atoms with Gasteiger partial charge in [-0.15, -0.1) is 0 Å². The second-order valence-corrected chi connectivity index (χ2v) is 4.83. The molecule has 1 aliphatic rings. The fraction of sp³-hybridized carbons (Fsp3) is 0.250. The van der Waals surface area contributed by atoms with Crippen molar-refractivity contribution in [1.29, 1.82) is 0 Å². The van der Waals surface area contributed by atoms with Crippen LogP contribution in [-0.4, -0.2) is 6.61 Å². The zero-order valence-electron chi connectivity index (χ0n) is 10.8. The van der Waals surface area contributed by atoms with Crippen molar-refractivity contribution in [2.45, 2.75) is 18.9 Å². The van der Waals surface area contributed by atoms with Crippen LogP contribution in [0.3, 0.4) is 0 Å². The Morgan fingerprint density at radius 2 is 1.89 bits per heavy atom. The Bertz CT molecular complexity index is 554. The average Bonchev–Trinajstić information content (AvgIpc) is 2.69. The summed E-state index contributed by atoms with van der Waals surface area (Å²) in [5.74, 6) is 6.62. The maximum absolute atomic E-state index is 5.78. The van der Waals surface area contributed by atoms with E-state index in [4.69, 9.17) is 10.6 Å². The molecule has 3 nitrogen and oxygen atoms in total. The number of hydrazine groups is 1. The van der Waals surface area contributed by atoms with Crippen molar-refractivity contribution in [3.8, 4) is 16.9 Å². The molecule has 3 heteroatoms. The fourth-order valence-electron chi connectivity index (χ4n) is 2.56. The lowest BCUT2D eigenvalue weighted by Gasteiger charge is -2.16. The molecule has 1 aliphatic heterocycles. The Labute approximate surface area is 113 Å². The molecule has 3 N–H and O–H groups in total. The lowest BCUT2D eigenvalue weighted by atomic mass is 9.97. The van der Waals surface area contributed by atoms with Crippen LogP contribution in [0.4, 0.5) is 0 Å². The van der Waals surface area contributed by atoms with Crippen molar-refractivity contribution in [3.05, 3.63) is 54.1 Å². The van der Waals surface area contributed by atoms with Gasteiger partial charge in [0.2, 0.25) is 0 Å². The van der Waals surface area contributed by atoms with Gasteiger partial charge in [0.1, 0.15) is 5.75 Å². The molecule has 0 bridgehead atoms. The number of nitrogens with two attached hydrogens (primary N) is 1. The van der Waals surface area contributed by atoms with Crippen LogP contribution < -0.4 is 16.0 Å². The molecular weight excluding hydrogens is 236 g/mol. The first-order chi connectivity index (χ1) is 9.38. The molecule has 1 atom stereocenters. The van der Waals surface area contributed by atoms with Crippen LogP contribution in [0.5, 0.6) is 5.75 Å². The van der Waals surface area contributed by atoms with Crippen LogP contribution in [0.2, 0.25) is 0 Å². The second-order valence-electron chi connectivity index (χ2n) is 4.83. The van der Waals surface area contributed by atoms with E-state index < -0.39 is 0 Å². The summed E-state index contributed by atoms with van der Waals surface area (Å²) in [7, 11) is 0. The topological polar surface area (TPSA) is 47.3 Å². The molecule has 0 saturated heterocycles. The molecule has 2 aromatic carbocycles. The second kappa shape index (κ2) is 5.43. The molecule has 2 aromatic rings. The standard InChI is InChI=1S/C16H18N2O/c17-18-15-7-4-10-19-16-9-8-13(11-14(15)16)12-5-2-1-3-6-12/h1-3,5-6,8-9,11,15,18H,4,7,10,17H2. The lowest BCUT2D eigenvalue weighted by molar-refractivity contribution is 0.315. The van der Waals surface area contributed by atoms with E-state index in [-0.39, 0.29) is 6.04 Å². The summed E-state index contributed by atoms with van der Waals surface area (Å²) in [6, 6.07) is 16.9. The number of nitrogens with one attached hydrogen (secondary N) is 1. The molecule has 1 heterocycles. The lowest BCUT2D eigenvalue weighted by Crippen LogP contribution is -2.27. The highest BCUT2D eigenvalue weighted by Gasteiger charge is 2.19. The Balaban J connectivity index is 2.04. The molecule has 98 valence electrons. The van der Waals surface area contributed by atoms with Gasteiger partial charge >= 0.3 is 0 Å². The van der Waals surface area contributed by atoms with Crippen LogP contribution >= 0.6 is 0 Å². The summed E-state index contributed by atoms with van der Waals surface area (Å²) in [5.41, 5.74) is 6.47.